The molecule has 3 rings (SSSR count). The normalized spacial score (nSPS) is 28.1. The summed E-state index contributed by atoms with van der Waals surface area (Å²) in [5, 5.41) is 39.1. The van der Waals surface area contributed by atoms with Gasteiger partial charge in [0.25, 0.3) is 0 Å². The molecule has 1 aliphatic rings. The first-order valence-corrected chi connectivity index (χ1v) is 8.50. The van der Waals surface area contributed by atoms with E-state index in [2.05, 4.69) is 4.98 Å². The van der Waals surface area contributed by atoms with Gasteiger partial charge in [0.2, 0.25) is 6.29 Å². The molecule has 1 saturated heterocycles. The highest BCUT2D eigenvalue weighted by atomic mass is 16.7. The number of aliphatic hydroxyl groups is 4. The zero-order chi connectivity index (χ0) is 19.6. The molecule has 2 aromatic rings. The number of ether oxygens (including phenoxy) is 2. The van der Waals surface area contributed by atoms with Crippen molar-refractivity contribution in [2.45, 2.75) is 44.2 Å². The predicted molar refractivity (Wildman–Crippen MR) is 93.2 cm³/mol. The quantitative estimate of drug-likeness (QED) is 0.509. The van der Waals surface area contributed by atoms with E-state index in [-0.39, 0.29) is 6.54 Å². The lowest BCUT2D eigenvalue weighted by atomic mass is 9.99. The fraction of sp³-hybridized carbons (Fsp3) is 0.444. The van der Waals surface area contributed by atoms with Gasteiger partial charge in [0.15, 0.2) is 0 Å². The molecule has 27 heavy (non-hydrogen) atoms. The SMILES string of the molecule is Cc1ccn(Cc2ccccc2O[C@@H]2O[C@H](CO)[C@@H](O)[C@@H](O)[C@@H]2O)c(=O)n1. The summed E-state index contributed by atoms with van der Waals surface area (Å²) in [5.41, 5.74) is 0.835. The van der Waals surface area contributed by atoms with Gasteiger partial charge in [-0.1, -0.05) is 18.2 Å². The molecule has 5 atom stereocenters. The highest BCUT2D eigenvalue weighted by molar-refractivity contribution is 5.33. The van der Waals surface area contributed by atoms with Crippen molar-refractivity contribution >= 4 is 0 Å². The molecule has 0 saturated carbocycles. The number of rotatable bonds is 5. The summed E-state index contributed by atoms with van der Waals surface area (Å²) in [6, 6.07) is 8.55. The number of aromatic nitrogens is 2. The Morgan fingerprint density at radius 1 is 1.15 bits per heavy atom. The number of nitrogens with zero attached hydrogens (tertiary/aromatic N) is 2. The van der Waals surface area contributed by atoms with Gasteiger partial charge in [-0.05, 0) is 19.1 Å². The third-order valence-corrected chi connectivity index (χ3v) is 4.42. The van der Waals surface area contributed by atoms with E-state index in [0.29, 0.717) is 17.0 Å². The maximum Gasteiger partial charge on any atom is 0.348 e. The molecule has 146 valence electrons. The Morgan fingerprint density at radius 3 is 2.59 bits per heavy atom. The van der Waals surface area contributed by atoms with Crippen molar-refractivity contribution in [2.24, 2.45) is 0 Å². The van der Waals surface area contributed by atoms with Gasteiger partial charge in [0.1, 0.15) is 30.2 Å². The van der Waals surface area contributed by atoms with Gasteiger partial charge in [-0.2, -0.15) is 4.98 Å². The second kappa shape index (κ2) is 8.15. The van der Waals surface area contributed by atoms with Gasteiger partial charge in [-0.25, -0.2) is 4.79 Å². The highest BCUT2D eigenvalue weighted by Crippen LogP contribution is 2.26. The van der Waals surface area contributed by atoms with Gasteiger partial charge >= 0.3 is 5.69 Å². The molecule has 9 heteroatoms. The molecule has 1 aromatic carbocycles. The monoisotopic (exact) mass is 378 g/mol. The third-order valence-electron chi connectivity index (χ3n) is 4.42. The van der Waals surface area contributed by atoms with E-state index in [1.54, 1.807) is 43.5 Å². The summed E-state index contributed by atoms with van der Waals surface area (Å²) in [7, 11) is 0. The molecule has 0 radical (unpaired) electrons. The van der Waals surface area contributed by atoms with Gasteiger partial charge < -0.3 is 29.9 Å². The van der Waals surface area contributed by atoms with Crippen LogP contribution in [0.4, 0.5) is 0 Å². The number of aliphatic hydroxyl groups excluding tert-OH is 4. The molecule has 0 aliphatic carbocycles. The van der Waals surface area contributed by atoms with Crippen molar-refractivity contribution in [2.75, 3.05) is 6.61 Å². The molecule has 1 fully saturated rings. The smallest absolute Gasteiger partial charge is 0.348 e. The van der Waals surface area contributed by atoms with E-state index in [9.17, 15) is 25.2 Å². The van der Waals surface area contributed by atoms with Gasteiger partial charge in [0, 0.05) is 17.5 Å². The van der Waals surface area contributed by atoms with Crippen molar-refractivity contribution < 1.29 is 29.9 Å². The van der Waals surface area contributed by atoms with Crippen molar-refractivity contribution in [1.82, 2.24) is 9.55 Å². The summed E-state index contributed by atoms with van der Waals surface area (Å²) < 4.78 is 12.5. The number of benzene rings is 1. The minimum absolute atomic E-state index is 0.180. The summed E-state index contributed by atoms with van der Waals surface area (Å²) >= 11 is 0. The first kappa shape index (κ1) is 19.5. The lowest BCUT2D eigenvalue weighted by molar-refractivity contribution is -0.277. The fourth-order valence-corrected chi connectivity index (χ4v) is 2.86. The Morgan fingerprint density at radius 2 is 1.89 bits per heavy atom. The first-order chi connectivity index (χ1) is 12.9. The van der Waals surface area contributed by atoms with Crippen LogP contribution >= 0.6 is 0 Å². The lowest BCUT2D eigenvalue weighted by Crippen LogP contribution is -2.60. The van der Waals surface area contributed by atoms with Crippen LogP contribution in [0.25, 0.3) is 0 Å². The molecule has 0 amide bonds. The van der Waals surface area contributed by atoms with Gasteiger partial charge in [-0.15, -0.1) is 0 Å². The minimum Gasteiger partial charge on any atom is -0.462 e. The zero-order valence-corrected chi connectivity index (χ0v) is 14.7. The van der Waals surface area contributed by atoms with Crippen molar-refractivity contribution in [3.8, 4) is 5.75 Å². The summed E-state index contributed by atoms with van der Waals surface area (Å²) in [6.45, 7) is 1.36. The van der Waals surface area contributed by atoms with E-state index < -0.39 is 43.0 Å². The Balaban J connectivity index is 1.82. The highest BCUT2D eigenvalue weighted by Gasteiger charge is 2.44. The van der Waals surface area contributed by atoms with Crippen LogP contribution in [0, 0.1) is 6.92 Å². The van der Waals surface area contributed by atoms with Crippen molar-refractivity contribution in [1.29, 1.82) is 0 Å². The number of aryl methyl sites for hydroxylation is 1. The zero-order valence-electron chi connectivity index (χ0n) is 14.7. The van der Waals surface area contributed by atoms with E-state index in [4.69, 9.17) is 9.47 Å². The maximum atomic E-state index is 12.0. The molecular weight excluding hydrogens is 356 g/mol. The van der Waals surface area contributed by atoms with Crippen LogP contribution in [0.3, 0.4) is 0 Å². The average molecular weight is 378 g/mol. The second-order valence-corrected chi connectivity index (χ2v) is 6.40. The number of para-hydroxylation sites is 1. The Kier molecular flexibility index (Phi) is 5.88. The Labute approximate surface area is 155 Å². The molecule has 9 nitrogen and oxygen atoms in total. The molecule has 1 aromatic heterocycles. The summed E-state index contributed by atoms with van der Waals surface area (Å²) in [5.74, 6) is 0.328. The van der Waals surface area contributed by atoms with Crippen LogP contribution in [-0.2, 0) is 11.3 Å². The molecule has 1 aliphatic heterocycles. The third kappa shape index (κ3) is 4.18. The van der Waals surface area contributed by atoms with Crippen LogP contribution in [0.2, 0.25) is 0 Å². The molecule has 0 unspecified atom stereocenters. The van der Waals surface area contributed by atoms with Crippen LogP contribution in [0.5, 0.6) is 5.75 Å². The minimum atomic E-state index is -1.53. The van der Waals surface area contributed by atoms with Crippen LogP contribution in [0.15, 0.2) is 41.3 Å². The fourth-order valence-electron chi connectivity index (χ4n) is 2.86. The predicted octanol–water partition coefficient (Wildman–Crippen LogP) is -1.22. The lowest BCUT2D eigenvalue weighted by Gasteiger charge is -2.39. The van der Waals surface area contributed by atoms with Crippen LogP contribution < -0.4 is 10.4 Å². The van der Waals surface area contributed by atoms with Gasteiger partial charge in [0.05, 0.1) is 13.2 Å². The molecule has 4 N–H and O–H groups in total. The first-order valence-electron chi connectivity index (χ1n) is 8.50. The molecular formula is C18H22N2O7. The van der Waals surface area contributed by atoms with Crippen molar-refractivity contribution in [3.63, 3.8) is 0 Å². The molecule has 2 heterocycles. The van der Waals surface area contributed by atoms with Crippen LogP contribution in [-0.4, -0.2) is 67.3 Å². The Bertz CT molecular complexity index is 838. The van der Waals surface area contributed by atoms with E-state index in [1.165, 1.54) is 4.57 Å². The van der Waals surface area contributed by atoms with Crippen LogP contribution in [0.1, 0.15) is 11.3 Å². The largest absolute Gasteiger partial charge is 0.462 e. The number of hydrogen-bond acceptors (Lipinski definition) is 8. The van der Waals surface area contributed by atoms with Crippen molar-refractivity contribution in [3.05, 3.63) is 58.3 Å². The second-order valence-electron chi connectivity index (χ2n) is 6.40. The Hall–Kier alpha value is -2.30. The summed E-state index contributed by atoms with van der Waals surface area (Å²) in [4.78, 5) is 15.9. The summed E-state index contributed by atoms with van der Waals surface area (Å²) in [6.07, 6.45) is -5.25. The topological polar surface area (TPSA) is 134 Å². The van der Waals surface area contributed by atoms with E-state index in [0.717, 1.165) is 0 Å². The number of hydrogen-bond donors (Lipinski definition) is 4. The maximum absolute atomic E-state index is 12.0. The van der Waals surface area contributed by atoms with E-state index in [1.807, 2.05) is 0 Å². The molecule has 0 spiro atoms. The van der Waals surface area contributed by atoms with Gasteiger partial charge in [-0.3, -0.25) is 4.57 Å². The average Bonchev–Trinajstić information content (AvgIpc) is 2.65. The standard InChI is InChI=1S/C18H22N2O7/c1-10-6-7-20(18(25)19-10)8-11-4-2-3-5-12(11)26-17-16(24)15(23)14(22)13(9-21)27-17/h2-7,13-17,21-24H,8-9H2,1H3/t13-,14-,15-,16+,17-/m1/s1. The molecule has 0 bridgehead atoms. The van der Waals surface area contributed by atoms with E-state index >= 15 is 0 Å².